The molecule has 12 heteroatoms. The fourth-order valence-corrected chi connectivity index (χ4v) is 5.09. The van der Waals surface area contributed by atoms with Crippen molar-refractivity contribution in [3.63, 3.8) is 0 Å². The molecule has 0 aromatic carbocycles. The zero-order valence-corrected chi connectivity index (χ0v) is 24.9. The van der Waals surface area contributed by atoms with Crippen molar-refractivity contribution in [3.8, 4) is 0 Å². The molecule has 42 heavy (non-hydrogen) atoms. The quantitative estimate of drug-likeness (QED) is 0.0783. The Balaban J connectivity index is 1.57. The highest BCUT2D eigenvalue weighted by atomic mass is 16.7. The van der Waals surface area contributed by atoms with Gasteiger partial charge in [0.05, 0.1) is 6.61 Å². The van der Waals surface area contributed by atoms with Crippen LogP contribution in [0.3, 0.4) is 0 Å². The number of cyclic esters (lactones) is 1. The van der Waals surface area contributed by atoms with Gasteiger partial charge < -0.3 is 49.6 Å². The van der Waals surface area contributed by atoms with Gasteiger partial charge in [-0.15, -0.1) is 0 Å². The predicted octanol–water partition coefficient (Wildman–Crippen LogP) is 2.66. The summed E-state index contributed by atoms with van der Waals surface area (Å²) >= 11 is 0. The molecule has 2 rings (SSSR count). The highest BCUT2D eigenvalue weighted by Crippen LogP contribution is 2.29. The van der Waals surface area contributed by atoms with Crippen molar-refractivity contribution in [2.45, 2.75) is 153 Å². The van der Waals surface area contributed by atoms with Gasteiger partial charge in [-0.3, -0.25) is 4.79 Å². The highest BCUT2D eigenvalue weighted by molar-refractivity contribution is 5.89. The van der Waals surface area contributed by atoms with Gasteiger partial charge in [0.1, 0.15) is 37.1 Å². The van der Waals surface area contributed by atoms with Crippen LogP contribution in [0.15, 0.2) is 11.5 Å². The topological polar surface area (TPSA) is 192 Å². The largest absolute Gasteiger partial charge is 0.505 e. The normalized spacial score (nSPS) is 26.8. The second-order valence-corrected chi connectivity index (χ2v) is 11.3. The van der Waals surface area contributed by atoms with Crippen LogP contribution in [0.1, 0.15) is 110 Å². The lowest BCUT2D eigenvalue weighted by molar-refractivity contribution is -0.291. The Morgan fingerprint density at radius 3 is 1.88 bits per heavy atom. The molecule has 0 aliphatic carbocycles. The van der Waals surface area contributed by atoms with E-state index in [1.807, 2.05) is 0 Å². The molecule has 2 heterocycles. The molecule has 6 N–H and O–H groups in total. The maximum atomic E-state index is 12.2. The summed E-state index contributed by atoms with van der Waals surface area (Å²) in [5.41, 5.74) is 0. The van der Waals surface area contributed by atoms with E-state index in [-0.39, 0.29) is 6.42 Å². The molecule has 0 unspecified atom stereocenters. The van der Waals surface area contributed by atoms with Gasteiger partial charge in [0.25, 0.3) is 0 Å². The number of carbonyl (C=O) groups is 2. The number of aliphatic hydroxyl groups excluding tert-OH is 6. The summed E-state index contributed by atoms with van der Waals surface area (Å²) in [4.78, 5) is 24.3. The van der Waals surface area contributed by atoms with Crippen molar-refractivity contribution < 1.29 is 59.2 Å². The number of unbranched alkanes of at least 4 members (excludes halogenated alkanes) is 14. The summed E-state index contributed by atoms with van der Waals surface area (Å²) < 4.78 is 20.3. The van der Waals surface area contributed by atoms with Crippen LogP contribution < -0.4 is 0 Å². The summed E-state index contributed by atoms with van der Waals surface area (Å²) in [6.07, 6.45) is 6.98. The van der Waals surface area contributed by atoms with E-state index in [9.17, 15) is 40.2 Å². The number of carbonyl (C=O) groups excluding carboxylic acids is 2. The summed E-state index contributed by atoms with van der Waals surface area (Å²) in [5.74, 6) is -3.30. The van der Waals surface area contributed by atoms with Crippen LogP contribution in [-0.2, 0) is 28.5 Å². The second-order valence-electron chi connectivity index (χ2n) is 11.3. The Bertz CT molecular complexity index is 816. The zero-order chi connectivity index (χ0) is 30.9. The van der Waals surface area contributed by atoms with Gasteiger partial charge >= 0.3 is 11.9 Å². The Morgan fingerprint density at radius 2 is 1.36 bits per heavy atom. The fourth-order valence-electron chi connectivity index (χ4n) is 5.09. The first kappa shape index (κ1) is 36.2. The summed E-state index contributed by atoms with van der Waals surface area (Å²) in [7, 11) is 0. The van der Waals surface area contributed by atoms with Crippen molar-refractivity contribution in [2.75, 3.05) is 13.2 Å². The summed E-state index contributed by atoms with van der Waals surface area (Å²) in [5, 5.41) is 59.8. The lowest BCUT2D eigenvalue weighted by Crippen LogP contribution is -2.59. The molecule has 0 spiro atoms. The van der Waals surface area contributed by atoms with Gasteiger partial charge in [-0.05, 0) is 6.42 Å². The minimum atomic E-state index is -1.82. The minimum Gasteiger partial charge on any atom is -0.505 e. The van der Waals surface area contributed by atoms with Crippen LogP contribution >= 0.6 is 0 Å². The first-order chi connectivity index (χ1) is 20.2. The average Bonchev–Trinajstić information content (AvgIpc) is 3.26. The smallest absolute Gasteiger partial charge is 0.378 e. The molecular weight excluding hydrogens is 552 g/mol. The lowest BCUT2D eigenvalue weighted by Gasteiger charge is -2.39. The van der Waals surface area contributed by atoms with E-state index in [0.717, 1.165) is 19.3 Å². The molecule has 0 aromatic rings. The monoisotopic (exact) mass is 604 g/mol. The van der Waals surface area contributed by atoms with E-state index in [1.165, 1.54) is 70.6 Å². The Morgan fingerprint density at radius 1 is 0.833 bits per heavy atom. The molecule has 1 saturated heterocycles. The number of hydrogen-bond donors (Lipinski definition) is 6. The van der Waals surface area contributed by atoms with Gasteiger partial charge in [0.2, 0.25) is 12.0 Å². The molecule has 12 nitrogen and oxygen atoms in total. The van der Waals surface area contributed by atoms with E-state index in [0.29, 0.717) is 6.42 Å². The van der Waals surface area contributed by atoms with Crippen LogP contribution in [0, 0.1) is 0 Å². The van der Waals surface area contributed by atoms with E-state index in [2.05, 4.69) is 6.92 Å². The SMILES string of the molecule is CCCCCCCCCCCCCCCCCC(=O)OC[C@H](O)[C@H]1OC(=O)C(O[C@@H]2O[C@H](CO)[C@@H](O)[C@H](O)[C@H]2O)=C1O. The number of rotatable bonds is 22. The van der Waals surface area contributed by atoms with Crippen molar-refractivity contribution in [3.05, 3.63) is 11.5 Å². The van der Waals surface area contributed by atoms with Crippen LogP contribution in [0.5, 0.6) is 0 Å². The molecular formula is C30H52O12. The van der Waals surface area contributed by atoms with Gasteiger partial charge in [-0.1, -0.05) is 96.8 Å². The Kier molecular flexibility index (Phi) is 17.3. The predicted molar refractivity (Wildman–Crippen MR) is 151 cm³/mol. The molecule has 0 radical (unpaired) electrons. The number of hydrogen-bond acceptors (Lipinski definition) is 12. The summed E-state index contributed by atoms with van der Waals surface area (Å²) in [6, 6.07) is 0. The van der Waals surface area contributed by atoms with Crippen LogP contribution in [0.25, 0.3) is 0 Å². The molecule has 244 valence electrons. The van der Waals surface area contributed by atoms with Crippen molar-refractivity contribution in [2.24, 2.45) is 0 Å². The second kappa shape index (κ2) is 20.1. The zero-order valence-electron chi connectivity index (χ0n) is 24.9. The van der Waals surface area contributed by atoms with Gasteiger partial charge in [0, 0.05) is 6.42 Å². The first-order valence-electron chi connectivity index (χ1n) is 15.7. The molecule has 2 aliphatic rings. The molecule has 0 aromatic heterocycles. The van der Waals surface area contributed by atoms with Crippen molar-refractivity contribution >= 4 is 11.9 Å². The lowest BCUT2D eigenvalue weighted by atomic mass is 9.99. The van der Waals surface area contributed by atoms with Gasteiger partial charge in [0.15, 0.2) is 11.9 Å². The molecule has 2 aliphatic heterocycles. The van der Waals surface area contributed by atoms with Crippen LogP contribution in [-0.4, -0.2) is 98.7 Å². The highest BCUT2D eigenvalue weighted by Gasteiger charge is 2.48. The van der Waals surface area contributed by atoms with E-state index in [1.54, 1.807) is 0 Å². The minimum absolute atomic E-state index is 0.183. The first-order valence-corrected chi connectivity index (χ1v) is 15.7. The van der Waals surface area contributed by atoms with E-state index in [4.69, 9.17) is 18.9 Å². The number of ether oxygens (including phenoxy) is 4. The van der Waals surface area contributed by atoms with Crippen LogP contribution in [0.2, 0.25) is 0 Å². The third kappa shape index (κ3) is 12.0. The molecule has 0 saturated carbocycles. The maximum absolute atomic E-state index is 12.2. The molecule has 7 atom stereocenters. The average molecular weight is 605 g/mol. The van der Waals surface area contributed by atoms with Crippen molar-refractivity contribution in [1.29, 1.82) is 0 Å². The van der Waals surface area contributed by atoms with E-state index >= 15 is 0 Å². The molecule has 1 fully saturated rings. The van der Waals surface area contributed by atoms with Gasteiger partial charge in [-0.2, -0.15) is 0 Å². The Labute approximate surface area is 248 Å². The maximum Gasteiger partial charge on any atom is 0.378 e. The van der Waals surface area contributed by atoms with Crippen LogP contribution in [0.4, 0.5) is 0 Å². The Hall–Kier alpha value is -1.96. The standard InChI is InChI=1S/C30H52O12/c1-2-3-4-5-6-7-8-9-10-11-12-13-14-15-16-17-22(33)39-19-20(32)27-26(37)28(29(38)41-27)42-30-25(36)24(35)23(34)21(18-31)40-30/h20-21,23-25,27,30-32,34-37H,2-19H2,1H3/t20-,21+,23+,24-,25+,27+,30-/m0/s1. The van der Waals surface area contributed by atoms with Gasteiger partial charge in [-0.25, -0.2) is 4.79 Å². The van der Waals surface area contributed by atoms with E-state index < -0.39 is 79.6 Å². The third-order valence-corrected chi connectivity index (χ3v) is 7.75. The molecule has 0 amide bonds. The number of aliphatic hydroxyl groups is 6. The number of esters is 2. The van der Waals surface area contributed by atoms with Crippen molar-refractivity contribution in [1.82, 2.24) is 0 Å². The molecule has 0 bridgehead atoms. The third-order valence-electron chi connectivity index (χ3n) is 7.75. The summed E-state index contributed by atoms with van der Waals surface area (Å²) in [6.45, 7) is 0.988. The fraction of sp³-hybridized carbons (Fsp3) is 0.867.